The normalized spacial score (nSPS) is 11.6. The van der Waals surface area contributed by atoms with E-state index in [1.807, 2.05) is 0 Å². The van der Waals surface area contributed by atoms with Crippen LogP contribution in [0.1, 0.15) is 90.9 Å². The van der Waals surface area contributed by atoms with Crippen LogP contribution >= 0.6 is 0 Å². The summed E-state index contributed by atoms with van der Waals surface area (Å²) in [7, 11) is 0. The van der Waals surface area contributed by atoms with Gasteiger partial charge in [0.1, 0.15) is 0 Å². The van der Waals surface area contributed by atoms with Crippen molar-refractivity contribution in [3.63, 3.8) is 0 Å². The third-order valence-corrected chi connectivity index (χ3v) is 3.78. The maximum absolute atomic E-state index is 10.4. The molecule has 0 aliphatic heterocycles. The first-order chi connectivity index (χ1) is 10.6. The van der Waals surface area contributed by atoms with Crippen molar-refractivity contribution in [3.05, 3.63) is 12.2 Å². The summed E-state index contributed by atoms with van der Waals surface area (Å²) in [4.78, 5) is 10.4. The molecule has 0 fully saturated rings. The van der Waals surface area contributed by atoms with E-state index in [1.165, 1.54) is 57.8 Å². The first-order valence-corrected chi connectivity index (χ1v) is 9.23. The van der Waals surface area contributed by atoms with Crippen LogP contribution in [0.5, 0.6) is 0 Å². The smallest absolute Gasteiger partial charge is 0.303 e. The van der Waals surface area contributed by atoms with Crippen molar-refractivity contribution in [2.45, 2.75) is 96.9 Å². The number of aliphatic carboxylic acids is 1. The molecule has 0 saturated heterocycles. The zero-order valence-electron chi connectivity index (χ0n) is 14.8. The molecule has 0 bridgehead atoms. The van der Waals surface area contributed by atoms with Gasteiger partial charge in [-0.1, -0.05) is 58.1 Å². The molecule has 0 aromatic rings. The highest BCUT2D eigenvalue weighted by Crippen LogP contribution is 2.10. The molecule has 3 nitrogen and oxygen atoms in total. The minimum absolute atomic E-state index is 0.332. The molecule has 0 aromatic carbocycles. The fourth-order valence-electron chi connectivity index (χ4n) is 2.44. The lowest BCUT2D eigenvalue weighted by Crippen LogP contribution is -2.23. The third-order valence-electron chi connectivity index (χ3n) is 3.78. The van der Waals surface area contributed by atoms with Gasteiger partial charge in [-0.2, -0.15) is 0 Å². The van der Waals surface area contributed by atoms with Crippen molar-refractivity contribution in [3.8, 4) is 0 Å². The first-order valence-electron chi connectivity index (χ1n) is 9.23. The van der Waals surface area contributed by atoms with Crippen LogP contribution in [0.2, 0.25) is 0 Å². The number of carboxylic acid groups (broad SMARTS) is 1. The quantitative estimate of drug-likeness (QED) is 0.300. The minimum Gasteiger partial charge on any atom is -0.481 e. The van der Waals surface area contributed by atoms with Crippen molar-refractivity contribution in [1.29, 1.82) is 0 Å². The van der Waals surface area contributed by atoms with Crippen molar-refractivity contribution in [2.24, 2.45) is 0 Å². The number of rotatable bonds is 16. The van der Waals surface area contributed by atoms with E-state index >= 15 is 0 Å². The zero-order valence-corrected chi connectivity index (χ0v) is 14.8. The van der Waals surface area contributed by atoms with Crippen LogP contribution in [0.25, 0.3) is 0 Å². The second-order valence-corrected chi connectivity index (χ2v) is 6.48. The van der Waals surface area contributed by atoms with Gasteiger partial charge in [-0.05, 0) is 45.1 Å². The van der Waals surface area contributed by atoms with Crippen LogP contribution in [0.3, 0.4) is 0 Å². The van der Waals surface area contributed by atoms with Gasteiger partial charge in [-0.25, -0.2) is 0 Å². The summed E-state index contributed by atoms with van der Waals surface area (Å²) in [6.07, 6.45) is 18.2. The largest absolute Gasteiger partial charge is 0.481 e. The minimum atomic E-state index is -0.664. The van der Waals surface area contributed by atoms with Crippen molar-refractivity contribution in [1.82, 2.24) is 5.32 Å². The molecule has 0 heterocycles. The Morgan fingerprint density at radius 1 is 0.864 bits per heavy atom. The van der Waals surface area contributed by atoms with Crippen LogP contribution in [0, 0.1) is 0 Å². The topological polar surface area (TPSA) is 49.3 Å². The van der Waals surface area contributed by atoms with E-state index in [0.29, 0.717) is 12.5 Å². The third kappa shape index (κ3) is 19.2. The lowest BCUT2D eigenvalue weighted by atomic mass is 10.1. The monoisotopic (exact) mass is 311 g/mol. The van der Waals surface area contributed by atoms with Crippen molar-refractivity contribution >= 4 is 5.97 Å². The summed E-state index contributed by atoms with van der Waals surface area (Å²) in [5, 5.41) is 12.0. The van der Waals surface area contributed by atoms with E-state index in [-0.39, 0.29) is 0 Å². The average Bonchev–Trinajstić information content (AvgIpc) is 2.46. The van der Waals surface area contributed by atoms with E-state index in [9.17, 15) is 4.79 Å². The molecule has 130 valence electrons. The van der Waals surface area contributed by atoms with E-state index in [1.54, 1.807) is 0 Å². The van der Waals surface area contributed by atoms with Gasteiger partial charge in [0.25, 0.3) is 0 Å². The van der Waals surface area contributed by atoms with Gasteiger partial charge in [-0.15, -0.1) is 0 Å². The zero-order chi connectivity index (χ0) is 16.5. The van der Waals surface area contributed by atoms with Gasteiger partial charge in [0.2, 0.25) is 0 Å². The second-order valence-electron chi connectivity index (χ2n) is 6.48. The molecule has 0 aliphatic rings. The van der Waals surface area contributed by atoms with Crippen molar-refractivity contribution < 1.29 is 9.90 Å². The van der Waals surface area contributed by atoms with Crippen LogP contribution in [0.4, 0.5) is 0 Å². The number of carboxylic acids is 1. The van der Waals surface area contributed by atoms with Gasteiger partial charge in [0.05, 0.1) is 0 Å². The molecule has 0 saturated carbocycles. The molecular formula is C19H37NO2. The predicted molar refractivity (Wildman–Crippen MR) is 95.3 cm³/mol. The van der Waals surface area contributed by atoms with Crippen LogP contribution in [-0.4, -0.2) is 23.7 Å². The van der Waals surface area contributed by atoms with Crippen molar-refractivity contribution in [2.75, 3.05) is 6.54 Å². The summed E-state index contributed by atoms with van der Waals surface area (Å²) in [5.74, 6) is -0.664. The van der Waals surface area contributed by atoms with Gasteiger partial charge in [0, 0.05) is 12.5 Å². The molecule has 0 aliphatic carbocycles. The Bertz CT molecular complexity index is 275. The highest BCUT2D eigenvalue weighted by atomic mass is 16.4. The lowest BCUT2D eigenvalue weighted by molar-refractivity contribution is -0.137. The first kappa shape index (κ1) is 21.2. The summed E-state index contributed by atoms with van der Waals surface area (Å²) in [6, 6.07) is 0.604. The molecule has 0 amide bonds. The Hall–Kier alpha value is -0.830. The molecule has 0 aromatic heterocycles. The Labute approximate surface area is 137 Å². The SMILES string of the molecule is CC(C)NCCCC/C=C\CCCCCCCCCC(=O)O. The summed E-state index contributed by atoms with van der Waals surface area (Å²) >= 11 is 0. The summed E-state index contributed by atoms with van der Waals surface area (Å²) < 4.78 is 0. The molecule has 22 heavy (non-hydrogen) atoms. The van der Waals surface area contributed by atoms with E-state index in [2.05, 4.69) is 31.3 Å². The number of hydrogen-bond donors (Lipinski definition) is 2. The van der Waals surface area contributed by atoms with Gasteiger partial charge in [0.15, 0.2) is 0 Å². The number of nitrogens with one attached hydrogen (secondary N) is 1. The molecule has 0 atom stereocenters. The molecule has 3 heteroatoms. The maximum atomic E-state index is 10.4. The van der Waals surface area contributed by atoms with Gasteiger partial charge in [-0.3, -0.25) is 4.79 Å². The van der Waals surface area contributed by atoms with Crippen LogP contribution in [-0.2, 0) is 4.79 Å². The number of hydrogen-bond acceptors (Lipinski definition) is 2. The van der Waals surface area contributed by atoms with E-state index in [4.69, 9.17) is 5.11 Å². The molecule has 2 N–H and O–H groups in total. The Morgan fingerprint density at radius 3 is 1.91 bits per heavy atom. The number of allylic oxidation sites excluding steroid dienone is 2. The van der Waals surface area contributed by atoms with E-state index in [0.717, 1.165) is 19.4 Å². The molecule has 0 unspecified atom stereocenters. The maximum Gasteiger partial charge on any atom is 0.303 e. The number of carbonyl (C=O) groups is 1. The van der Waals surface area contributed by atoms with Gasteiger partial charge < -0.3 is 10.4 Å². The Balaban J connectivity index is 3.09. The molecular weight excluding hydrogens is 274 g/mol. The second kappa shape index (κ2) is 16.5. The molecule has 0 spiro atoms. The fourth-order valence-corrected chi connectivity index (χ4v) is 2.44. The summed E-state index contributed by atoms with van der Waals surface area (Å²) in [5.41, 5.74) is 0. The standard InChI is InChI=1S/C19H37NO2/c1-18(2)20-17-15-13-11-9-7-5-3-4-6-8-10-12-14-16-19(21)22/h7,9,18,20H,3-6,8,10-17H2,1-2H3,(H,21,22)/b9-7-. The van der Waals surface area contributed by atoms with E-state index < -0.39 is 5.97 Å². The highest BCUT2D eigenvalue weighted by Gasteiger charge is 1.96. The van der Waals surface area contributed by atoms with Crippen LogP contribution in [0.15, 0.2) is 12.2 Å². The van der Waals surface area contributed by atoms with Crippen LogP contribution < -0.4 is 5.32 Å². The fraction of sp³-hybridized carbons (Fsp3) is 0.842. The Kier molecular flexibility index (Phi) is 15.9. The lowest BCUT2D eigenvalue weighted by Gasteiger charge is -2.06. The average molecular weight is 312 g/mol. The predicted octanol–water partition coefficient (Wildman–Crippen LogP) is 5.31. The highest BCUT2D eigenvalue weighted by molar-refractivity contribution is 5.66. The van der Waals surface area contributed by atoms with Gasteiger partial charge >= 0.3 is 5.97 Å². The molecule has 0 rings (SSSR count). The Morgan fingerprint density at radius 2 is 1.36 bits per heavy atom. The molecule has 0 radical (unpaired) electrons. The summed E-state index contributed by atoms with van der Waals surface area (Å²) in [6.45, 7) is 5.52. The number of unbranched alkanes of at least 4 members (excludes halogenated alkanes) is 9.